The van der Waals surface area contributed by atoms with Crippen LogP contribution in [0.1, 0.15) is 11.1 Å². The first-order valence-corrected chi connectivity index (χ1v) is 6.30. The van der Waals surface area contributed by atoms with Crippen molar-refractivity contribution in [3.8, 4) is 6.07 Å². The molecule has 2 amide bonds. The summed E-state index contributed by atoms with van der Waals surface area (Å²) in [5.74, 6) is 0. The molecule has 0 saturated carbocycles. The third kappa shape index (κ3) is 3.50. The molecule has 4 nitrogen and oxygen atoms in total. The number of carbonyl (C=O) groups is 1. The van der Waals surface area contributed by atoms with Crippen LogP contribution in [0.25, 0.3) is 0 Å². The van der Waals surface area contributed by atoms with Gasteiger partial charge in [-0.05, 0) is 55.0 Å². The van der Waals surface area contributed by atoms with E-state index in [0.717, 1.165) is 5.56 Å². The summed E-state index contributed by atoms with van der Waals surface area (Å²) in [6.07, 6.45) is 0. The molecule has 0 saturated heterocycles. The predicted octanol–water partition coefficient (Wildman–Crippen LogP) is 4.16. The Kier molecular flexibility index (Phi) is 4.24. The SMILES string of the molecule is Cc1cc(Cl)ccc1NC(=O)Nc1ccc(C#N)cc1. The maximum absolute atomic E-state index is 11.9. The fraction of sp³-hybridized carbons (Fsp3) is 0.0667. The zero-order chi connectivity index (χ0) is 14.5. The van der Waals surface area contributed by atoms with Crippen LogP contribution >= 0.6 is 11.6 Å². The molecule has 0 aliphatic rings. The van der Waals surface area contributed by atoms with Crippen LogP contribution in [0, 0.1) is 18.3 Å². The molecule has 100 valence electrons. The highest BCUT2D eigenvalue weighted by Gasteiger charge is 2.05. The molecule has 0 aromatic heterocycles. The second-order valence-corrected chi connectivity index (χ2v) is 4.66. The smallest absolute Gasteiger partial charge is 0.308 e. The molecule has 20 heavy (non-hydrogen) atoms. The number of anilines is 2. The normalized spacial score (nSPS) is 9.65. The van der Waals surface area contributed by atoms with Crippen LogP contribution in [-0.2, 0) is 0 Å². The molecule has 2 aromatic rings. The van der Waals surface area contributed by atoms with Crippen molar-refractivity contribution < 1.29 is 4.79 Å². The molecule has 2 N–H and O–H groups in total. The number of hydrogen-bond donors (Lipinski definition) is 2. The molecule has 5 heteroatoms. The maximum atomic E-state index is 11.9. The second kappa shape index (κ2) is 6.09. The molecule has 0 aliphatic heterocycles. The molecule has 0 radical (unpaired) electrons. The highest BCUT2D eigenvalue weighted by molar-refractivity contribution is 6.30. The van der Waals surface area contributed by atoms with Gasteiger partial charge in [0.25, 0.3) is 0 Å². The number of benzene rings is 2. The van der Waals surface area contributed by atoms with Crippen molar-refractivity contribution in [2.24, 2.45) is 0 Å². The van der Waals surface area contributed by atoms with Crippen LogP contribution in [0.5, 0.6) is 0 Å². The van der Waals surface area contributed by atoms with Crippen molar-refractivity contribution in [1.29, 1.82) is 5.26 Å². The van der Waals surface area contributed by atoms with E-state index in [-0.39, 0.29) is 6.03 Å². The van der Waals surface area contributed by atoms with E-state index in [2.05, 4.69) is 10.6 Å². The number of urea groups is 1. The summed E-state index contributed by atoms with van der Waals surface area (Å²) in [4.78, 5) is 11.9. The number of nitriles is 1. The number of rotatable bonds is 2. The zero-order valence-corrected chi connectivity index (χ0v) is 11.5. The molecule has 0 spiro atoms. The molecule has 0 bridgehead atoms. The molecule has 0 atom stereocenters. The van der Waals surface area contributed by atoms with E-state index >= 15 is 0 Å². The van der Waals surface area contributed by atoms with Gasteiger partial charge in [0.1, 0.15) is 0 Å². The largest absolute Gasteiger partial charge is 0.323 e. The van der Waals surface area contributed by atoms with Crippen molar-refractivity contribution in [3.05, 3.63) is 58.6 Å². The minimum absolute atomic E-state index is 0.347. The molecule has 2 aromatic carbocycles. The van der Waals surface area contributed by atoms with Gasteiger partial charge in [-0.2, -0.15) is 5.26 Å². The Balaban J connectivity index is 2.03. The van der Waals surface area contributed by atoms with E-state index < -0.39 is 0 Å². The molecular formula is C15H12ClN3O. The summed E-state index contributed by atoms with van der Waals surface area (Å²) >= 11 is 5.86. The minimum atomic E-state index is -0.347. The van der Waals surface area contributed by atoms with Gasteiger partial charge in [0.05, 0.1) is 11.6 Å². The van der Waals surface area contributed by atoms with E-state index in [1.165, 1.54) is 0 Å². The fourth-order valence-electron chi connectivity index (χ4n) is 1.68. The Morgan fingerprint density at radius 1 is 1.15 bits per heavy atom. The summed E-state index contributed by atoms with van der Waals surface area (Å²) in [5, 5.41) is 14.8. The fourth-order valence-corrected chi connectivity index (χ4v) is 1.91. The molecule has 2 rings (SSSR count). The summed E-state index contributed by atoms with van der Waals surface area (Å²) in [5.41, 5.74) is 2.74. The van der Waals surface area contributed by atoms with E-state index in [0.29, 0.717) is 22.0 Å². The molecule has 0 fully saturated rings. The van der Waals surface area contributed by atoms with Gasteiger partial charge in [-0.1, -0.05) is 11.6 Å². The van der Waals surface area contributed by atoms with Gasteiger partial charge < -0.3 is 10.6 Å². The van der Waals surface area contributed by atoms with Crippen LogP contribution in [0.15, 0.2) is 42.5 Å². The second-order valence-electron chi connectivity index (χ2n) is 4.23. The number of nitrogens with zero attached hydrogens (tertiary/aromatic N) is 1. The van der Waals surface area contributed by atoms with E-state index in [1.807, 2.05) is 13.0 Å². The van der Waals surface area contributed by atoms with Gasteiger partial charge >= 0.3 is 6.03 Å². The lowest BCUT2D eigenvalue weighted by Crippen LogP contribution is -2.19. The van der Waals surface area contributed by atoms with Gasteiger partial charge in [0, 0.05) is 16.4 Å². The van der Waals surface area contributed by atoms with Crippen LogP contribution in [-0.4, -0.2) is 6.03 Å². The summed E-state index contributed by atoms with van der Waals surface area (Å²) < 4.78 is 0. The Bertz CT molecular complexity index is 675. The quantitative estimate of drug-likeness (QED) is 0.870. The topological polar surface area (TPSA) is 64.9 Å². The molecule has 0 aliphatic carbocycles. The lowest BCUT2D eigenvalue weighted by atomic mass is 10.2. The number of nitrogens with one attached hydrogen (secondary N) is 2. The number of hydrogen-bond acceptors (Lipinski definition) is 2. The van der Waals surface area contributed by atoms with E-state index in [9.17, 15) is 4.79 Å². The lowest BCUT2D eigenvalue weighted by Gasteiger charge is -2.10. The van der Waals surface area contributed by atoms with Gasteiger partial charge in [0.15, 0.2) is 0 Å². The van der Waals surface area contributed by atoms with E-state index in [4.69, 9.17) is 16.9 Å². The Morgan fingerprint density at radius 3 is 2.45 bits per heavy atom. The van der Waals surface area contributed by atoms with Crippen LogP contribution in [0.2, 0.25) is 5.02 Å². The maximum Gasteiger partial charge on any atom is 0.323 e. The Labute approximate surface area is 122 Å². The van der Waals surface area contributed by atoms with Crippen molar-refractivity contribution in [2.45, 2.75) is 6.92 Å². The summed E-state index contributed by atoms with van der Waals surface area (Å²) in [6.45, 7) is 1.86. The van der Waals surface area contributed by atoms with Crippen LogP contribution in [0.3, 0.4) is 0 Å². The summed E-state index contributed by atoms with van der Waals surface area (Å²) in [7, 11) is 0. The van der Waals surface area contributed by atoms with Crippen LogP contribution < -0.4 is 10.6 Å². The third-order valence-corrected chi connectivity index (χ3v) is 2.94. The minimum Gasteiger partial charge on any atom is -0.308 e. The van der Waals surface area contributed by atoms with E-state index in [1.54, 1.807) is 42.5 Å². The monoisotopic (exact) mass is 285 g/mol. The van der Waals surface area contributed by atoms with Gasteiger partial charge in [-0.25, -0.2) is 4.79 Å². The number of carbonyl (C=O) groups excluding carboxylic acids is 1. The number of halogens is 1. The van der Waals surface area contributed by atoms with Crippen LogP contribution in [0.4, 0.5) is 16.2 Å². The Hall–Kier alpha value is -2.51. The highest BCUT2D eigenvalue weighted by atomic mass is 35.5. The first kappa shape index (κ1) is 13.9. The van der Waals surface area contributed by atoms with Gasteiger partial charge in [-0.15, -0.1) is 0 Å². The molecule has 0 heterocycles. The summed E-state index contributed by atoms with van der Waals surface area (Å²) in [6, 6.07) is 13.5. The first-order chi connectivity index (χ1) is 9.58. The average molecular weight is 286 g/mol. The molecule has 0 unspecified atom stereocenters. The third-order valence-electron chi connectivity index (χ3n) is 2.71. The molecular weight excluding hydrogens is 274 g/mol. The average Bonchev–Trinajstić information content (AvgIpc) is 2.43. The zero-order valence-electron chi connectivity index (χ0n) is 10.8. The van der Waals surface area contributed by atoms with Crippen molar-refractivity contribution in [3.63, 3.8) is 0 Å². The standard InChI is InChI=1S/C15H12ClN3O/c1-10-8-12(16)4-7-14(10)19-15(20)18-13-5-2-11(9-17)3-6-13/h2-8H,1H3,(H2,18,19,20). The van der Waals surface area contributed by atoms with Gasteiger partial charge in [-0.3, -0.25) is 0 Å². The lowest BCUT2D eigenvalue weighted by molar-refractivity contribution is 0.262. The van der Waals surface area contributed by atoms with Crippen molar-refractivity contribution >= 4 is 29.0 Å². The highest BCUT2D eigenvalue weighted by Crippen LogP contribution is 2.19. The first-order valence-electron chi connectivity index (χ1n) is 5.93. The van der Waals surface area contributed by atoms with Crippen molar-refractivity contribution in [1.82, 2.24) is 0 Å². The van der Waals surface area contributed by atoms with Gasteiger partial charge in [0.2, 0.25) is 0 Å². The predicted molar refractivity (Wildman–Crippen MR) is 80.0 cm³/mol. The Morgan fingerprint density at radius 2 is 1.85 bits per heavy atom. The number of amides is 2. The van der Waals surface area contributed by atoms with Crippen molar-refractivity contribution in [2.75, 3.05) is 10.6 Å². The number of aryl methyl sites for hydroxylation is 1.